The number of nitrogens with one attached hydrogen (secondary N) is 1. The normalized spacial score (nSPS) is 11.0. The summed E-state index contributed by atoms with van der Waals surface area (Å²) >= 11 is 0. The zero-order chi connectivity index (χ0) is 20.2. The summed E-state index contributed by atoms with van der Waals surface area (Å²) < 4.78 is 16.4. The van der Waals surface area contributed by atoms with Crippen molar-refractivity contribution in [3.8, 4) is 11.5 Å². The van der Waals surface area contributed by atoms with Gasteiger partial charge in [0.1, 0.15) is 5.58 Å². The lowest BCUT2D eigenvalue weighted by molar-refractivity contribution is 0.0927. The molecule has 0 radical (unpaired) electrons. The summed E-state index contributed by atoms with van der Waals surface area (Å²) in [6.07, 6.45) is 1.63. The molecule has 0 spiro atoms. The van der Waals surface area contributed by atoms with Gasteiger partial charge in [-0.2, -0.15) is 0 Å². The fraction of sp³-hybridized carbons (Fsp3) is 0.208. The van der Waals surface area contributed by atoms with Gasteiger partial charge in [0.25, 0.3) is 5.91 Å². The van der Waals surface area contributed by atoms with Crippen LogP contribution in [-0.2, 0) is 6.42 Å². The van der Waals surface area contributed by atoms with Gasteiger partial charge in [-0.1, -0.05) is 36.4 Å². The number of carbonyl (C=O) groups is 1. The van der Waals surface area contributed by atoms with Crippen molar-refractivity contribution in [3.05, 3.63) is 72.0 Å². The molecule has 0 aliphatic carbocycles. The minimum absolute atomic E-state index is 0.197. The summed E-state index contributed by atoms with van der Waals surface area (Å²) in [4.78, 5) is 12.5. The average molecular weight is 389 g/mol. The summed E-state index contributed by atoms with van der Waals surface area (Å²) in [7, 11) is 3.24. The molecule has 0 saturated heterocycles. The van der Waals surface area contributed by atoms with Crippen molar-refractivity contribution in [2.45, 2.75) is 12.8 Å². The van der Waals surface area contributed by atoms with E-state index >= 15 is 0 Å². The van der Waals surface area contributed by atoms with Gasteiger partial charge in [-0.3, -0.25) is 4.79 Å². The number of aryl methyl sites for hydroxylation is 1. The second-order valence-electron chi connectivity index (χ2n) is 6.86. The average Bonchev–Trinajstić information content (AvgIpc) is 3.21. The highest BCUT2D eigenvalue weighted by molar-refractivity contribution is 6.08. The molecule has 0 fully saturated rings. The number of amides is 1. The summed E-state index contributed by atoms with van der Waals surface area (Å²) in [6.45, 7) is 0.560. The van der Waals surface area contributed by atoms with Crippen LogP contribution in [0.2, 0.25) is 0 Å². The van der Waals surface area contributed by atoms with Crippen LogP contribution in [0.25, 0.3) is 21.7 Å². The van der Waals surface area contributed by atoms with Crippen LogP contribution < -0.4 is 14.8 Å². The number of rotatable bonds is 7. The lowest BCUT2D eigenvalue weighted by atomic mass is 10.1. The number of hydrogen-bond donors (Lipinski definition) is 1. The highest BCUT2D eigenvalue weighted by Gasteiger charge is 2.13. The van der Waals surface area contributed by atoms with Crippen LogP contribution in [0.1, 0.15) is 22.5 Å². The van der Waals surface area contributed by atoms with Crippen molar-refractivity contribution < 1.29 is 18.7 Å². The third-order valence-electron chi connectivity index (χ3n) is 5.03. The van der Waals surface area contributed by atoms with Gasteiger partial charge < -0.3 is 19.2 Å². The molecule has 1 amide bonds. The quantitative estimate of drug-likeness (QED) is 0.454. The Morgan fingerprint density at radius 2 is 1.76 bits per heavy atom. The monoisotopic (exact) mass is 389 g/mol. The van der Waals surface area contributed by atoms with Gasteiger partial charge in [-0.15, -0.1) is 0 Å². The van der Waals surface area contributed by atoms with Crippen LogP contribution in [0.15, 0.2) is 65.1 Å². The first kappa shape index (κ1) is 18.9. The van der Waals surface area contributed by atoms with E-state index in [1.807, 2.05) is 54.6 Å². The first-order valence-corrected chi connectivity index (χ1v) is 9.60. The van der Waals surface area contributed by atoms with Crippen molar-refractivity contribution >= 4 is 27.6 Å². The Morgan fingerprint density at radius 1 is 0.931 bits per heavy atom. The van der Waals surface area contributed by atoms with Crippen molar-refractivity contribution in [2.24, 2.45) is 0 Å². The number of furan rings is 1. The summed E-state index contributed by atoms with van der Waals surface area (Å²) in [5, 5.41) is 6.11. The van der Waals surface area contributed by atoms with E-state index in [2.05, 4.69) is 11.4 Å². The molecule has 0 aliphatic heterocycles. The fourth-order valence-corrected chi connectivity index (χ4v) is 3.52. The molecule has 3 aromatic carbocycles. The first-order valence-electron chi connectivity index (χ1n) is 9.60. The largest absolute Gasteiger partial charge is 0.493 e. The van der Waals surface area contributed by atoms with Gasteiger partial charge in [-0.25, -0.2) is 0 Å². The van der Waals surface area contributed by atoms with E-state index in [9.17, 15) is 4.79 Å². The Balaban J connectivity index is 1.38. The molecular formula is C24H23NO4. The Kier molecular flexibility index (Phi) is 5.38. The molecule has 0 aliphatic rings. The summed E-state index contributed by atoms with van der Waals surface area (Å²) in [5.74, 6) is 1.56. The third kappa shape index (κ3) is 3.90. The molecular weight excluding hydrogens is 366 g/mol. The number of hydrogen-bond acceptors (Lipinski definition) is 4. The van der Waals surface area contributed by atoms with Crippen LogP contribution in [0, 0.1) is 0 Å². The Hall–Kier alpha value is -3.47. The molecule has 4 rings (SSSR count). The zero-order valence-corrected chi connectivity index (χ0v) is 16.5. The predicted octanol–water partition coefficient (Wildman–Crippen LogP) is 4.97. The number of methoxy groups -OCH3 is 2. The Bertz CT molecular complexity index is 1160. The second-order valence-corrected chi connectivity index (χ2v) is 6.86. The summed E-state index contributed by atoms with van der Waals surface area (Å²) in [5.41, 5.74) is 1.85. The molecule has 5 nitrogen and oxygen atoms in total. The van der Waals surface area contributed by atoms with E-state index < -0.39 is 0 Å². The molecule has 5 heteroatoms. The van der Waals surface area contributed by atoms with Crippen molar-refractivity contribution in [3.63, 3.8) is 0 Å². The van der Waals surface area contributed by atoms with E-state index in [-0.39, 0.29) is 5.91 Å². The number of fused-ring (bicyclic) bond motifs is 3. The van der Waals surface area contributed by atoms with E-state index in [4.69, 9.17) is 13.9 Å². The van der Waals surface area contributed by atoms with Crippen LogP contribution in [0.4, 0.5) is 0 Å². The summed E-state index contributed by atoms with van der Waals surface area (Å²) in [6, 6.07) is 19.7. The SMILES string of the molecule is COc1ccc(CCCNC(=O)c2cc3c(ccc4ccccc43)o2)cc1OC. The van der Waals surface area contributed by atoms with E-state index in [1.165, 1.54) is 0 Å². The van der Waals surface area contributed by atoms with Crippen LogP contribution in [0.5, 0.6) is 11.5 Å². The minimum atomic E-state index is -0.197. The smallest absolute Gasteiger partial charge is 0.287 e. The fourth-order valence-electron chi connectivity index (χ4n) is 3.52. The van der Waals surface area contributed by atoms with E-state index in [0.717, 1.165) is 40.1 Å². The molecule has 0 unspecified atom stereocenters. The standard InChI is InChI=1S/C24H23NO4/c1-27-21-11-9-16(14-22(21)28-2)6-5-13-25-24(26)23-15-19-18-8-4-3-7-17(18)10-12-20(19)29-23/h3-4,7-12,14-15H,5-6,13H2,1-2H3,(H,25,26). The van der Waals surface area contributed by atoms with Gasteiger partial charge >= 0.3 is 0 Å². The van der Waals surface area contributed by atoms with Crippen molar-refractivity contribution in [1.29, 1.82) is 0 Å². The molecule has 1 N–H and O–H groups in total. The molecule has 1 aromatic heterocycles. The second kappa shape index (κ2) is 8.27. The number of carbonyl (C=O) groups excluding carboxylic acids is 1. The molecule has 1 heterocycles. The molecule has 0 bridgehead atoms. The Morgan fingerprint density at radius 3 is 2.59 bits per heavy atom. The molecule has 29 heavy (non-hydrogen) atoms. The van der Waals surface area contributed by atoms with Crippen molar-refractivity contribution in [2.75, 3.05) is 20.8 Å². The predicted molar refractivity (Wildman–Crippen MR) is 114 cm³/mol. The maximum absolute atomic E-state index is 12.5. The number of benzene rings is 3. The lowest BCUT2D eigenvalue weighted by Crippen LogP contribution is -2.24. The topological polar surface area (TPSA) is 60.7 Å². The number of ether oxygens (including phenoxy) is 2. The minimum Gasteiger partial charge on any atom is -0.493 e. The maximum atomic E-state index is 12.5. The van der Waals surface area contributed by atoms with Gasteiger partial charge in [-0.05, 0) is 53.4 Å². The van der Waals surface area contributed by atoms with Crippen molar-refractivity contribution in [1.82, 2.24) is 5.32 Å². The van der Waals surface area contributed by atoms with Crippen LogP contribution in [0.3, 0.4) is 0 Å². The highest BCUT2D eigenvalue weighted by Crippen LogP contribution is 2.29. The Labute approximate surface area is 169 Å². The zero-order valence-electron chi connectivity index (χ0n) is 16.5. The molecule has 148 valence electrons. The third-order valence-corrected chi connectivity index (χ3v) is 5.03. The first-order chi connectivity index (χ1) is 14.2. The van der Waals surface area contributed by atoms with E-state index in [1.54, 1.807) is 14.2 Å². The van der Waals surface area contributed by atoms with Gasteiger partial charge in [0.2, 0.25) is 0 Å². The van der Waals surface area contributed by atoms with Gasteiger partial charge in [0, 0.05) is 11.9 Å². The maximum Gasteiger partial charge on any atom is 0.287 e. The highest BCUT2D eigenvalue weighted by atomic mass is 16.5. The lowest BCUT2D eigenvalue weighted by Gasteiger charge is -2.09. The van der Waals surface area contributed by atoms with Crippen LogP contribution >= 0.6 is 0 Å². The molecule has 0 saturated carbocycles. The molecule has 0 atom stereocenters. The van der Waals surface area contributed by atoms with Crippen LogP contribution in [-0.4, -0.2) is 26.7 Å². The van der Waals surface area contributed by atoms with E-state index in [0.29, 0.717) is 23.8 Å². The van der Waals surface area contributed by atoms with Gasteiger partial charge in [0.05, 0.1) is 14.2 Å². The molecule has 4 aromatic rings. The van der Waals surface area contributed by atoms with Gasteiger partial charge in [0.15, 0.2) is 17.3 Å².